The summed E-state index contributed by atoms with van der Waals surface area (Å²) in [5, 5.41) is 7.32. The van der Waals surface area contributed by atoms with Gasteiger partial charge in [0, 0.05) is 11.1 Å². The quantitative estimate of drug-likeness (QED) is 0.186. The van der Waals surface area contributed by atoms with Crippen LogP contribution < -0.4 is 0 Å². The van der Waals surface area contributed by atoms with Gasteiger partial charge >= 0.3 is 0 Å². The van der Waals surface area contributed by atoms with Crippen molar-refractivity contribution in [1.82, 2.24) is 4.98 Å². The van der Waals surface area contributed by atoms with Crippen molar-refractivity contribution in [3.63, 3.8) is 0 Å². The molecule has 0 saturated heterocycles. The molecular weight excluding hydrogens is 571 g/mol. The van der Waals surface area contributed by atoms with Gasteiger partial charge in [0.05, 0.1) is 6.20 Å². The Bertz CT molecular complexity index is 2380. The van der Waals surface area contributed by atoms with E-state index < -0.39 is 0 Å². The van der Waals surface area contributed by atoms with E-state index in [0.717, 1.165) is 22.3 Å². The molecular formula is C45H39NO. The lowest BCUT2D eigenvalue weighted by molar-refractivity contribution is 0.589. The van der Waals surface area contributed by atoms with Crippen LogP contribution >= 0.6 is 0 Å². The van der Waals surface area contributed by atoms with Crippen LogP contribution in [0.1, 0.15) is 52.7 Å². The summed E-state index contributed by atoms with van der Waals surface area (Å²) in [5.74, 6) is 1.40. The van der Waals surface area contributed by atoms with Gasteiger partial charge in [0.15, 0.2) is 5.76 Å². The highest BCUT2D eigenvalue weighted by atomic mass is 16.4. The second-order valence-corrected chi connectivity index (χ2v) is 15.0. The Morgan fingerprint density at radius 1 is 0.468 bits per heavy atom. The van der Waals surface area contributed by atoms with E-state index in [-0.39, 0.29) is 10.8 Å². The van der Waals surface area contributed by atoms with Gasteiger partial charge in [-0.05, 0) is 107 Å². The fourth-order valence-corrected chi connectivity index (χ4v) is 6.89. The lowest BCUT2D eigenvalue weighted by Gasteiger charge is -2.20. The Hall–Kier alpha value is -5.21. The third-order valence-corrected chi connectivity index (χ3v) is 9.61. The summed E-state index contributed by atoms with van der Waals surface area (Å²) < 4.78 is 6.53. The summed E-state index contributed by atoms with van der Waals surface area (Å²) in [6.45, 7) is 13.6. The first-order valence-electron chi connectivity index (χ1n) is 16.5. The molecule has 0 amide bonds. The minimum atomic E-state index is 0.105. The van der Waals surface area contributed by atoms with Crippen molar-refractivity contribution in [3.05, 3.63) is 139 Å². The van der Waals surface area contributed by atoms with E-state index in [1.807, 2.05) is 24.4 Å². The molecule has 8 aromatic rings. The van der Waals surface area contributed by atoms with Gasteiger partial charge in [0.25, 0.3) is 0 Å². The fourth-order valence-electron chi connectivity index (χ4n) is 6.89. The maximum absolute atomic E-state index is 6.53. The van der Waals surface area contributed by atoms with E-state index in [0.29, 0.717) is 5.89 Å². The maximum atomic E-state index is 6.53. The Labute approximate surface area is 277 Å². The van der Waals surface area contributed by atoms with Gasteiger partial charge in [0.2, 0.25) is 5.89 Å². The highest BCUT2D eigenvalue weighted by Crippen LogP contribution is 2.44. The van der Waals surface area contributed by atoms with Crippen LogP contribution in [0.15, 0.2) is 132 Å². The lowest BCUT2D eigenvalue weighted by atomic mass is 9.84. The number of oxazole rings is 1. The molecule has 0 aliphatic rings. The molecule has 0 unspecified atom stereocenters. The van der Waals surface area contributed by atoms with Crippen LogP contribution in [0, 0.1) is 0 Å². The molecule has 1 aromatic heterocycles. The van der Waals surface area contributed by atoms with Crippen LogP contribution in [0.5, 0.6) is 0 Å². The highest BCUT2D eigenvalue weighted by Gasteiger charge is 2.20. The first-order chi connectivity index (χ1) is 22.5. The number of hydrogen-bond donors (Lipinski definition) is 0. The predicted octanol–water partition coefficient (Wildman–Crippen LogP) is 12.8. The van der Waals surface area contributed by atoms with Crippen molar-refractivity contribution < 1.29 is 4.42 Å². The maximum Gasteiger partial charge on any atom is 0.227 e. The Morgan fingerprint density at radius 3 is 1.57 bits per heavy atom. The summed E-state index contributed by atoms with van der Waals surface area (Å²) in [5.41, 5.74) is 9.72. The van der Waals surface area contributed by atoms with E-state index in [2.05, 4.69) is 145 Å². The Kier molecular flexibility index (Phi) is 6.63. The van der Waals surface area contributed by atoms with Gasteiger partial charge in [-0.3, -0.25) is 0 Å². The minimum Gasteiger partial charge on any atom is -0.436 e. The van der Waals surface area contributed by atoms with Crippen LogP contribution in [0.2, 0.25) is 0 Å². The van der Waals surface area contributed by atoms with E-state index in [1.165, 1.54) is 60.3 Å². The first kappa shape index (κ1) is 29.2. The van der Waals surface area contributed by atoms with Crippen LogP contribution in [0.3, 0.4) is 0 Å². The van der Waals surface area contributed by atoms with Crippen molar-refractivity contribution in [2.24, 2.45) is 0 Å². The second-order valence-electron chi connectivity index (χ2n) is 15.0. The van der Waals surface area contributed by atoms with Crippen LogP contribution in [-0.4, -0.2) is 4.98 Å². The van der Waals surface area contributed by atoms with Gasteiger partial charge in [-0.2, -0.15) is 0 Å². The summed E-state index contributed by atoms with van der Waals surface area (Å²) in [6, 6.07) is 44.4. The summed E-state index contributed by atoms with van der Waals surface area (Å²) in [6.07, 6.45) is 1.85. The second kappa shape index (κ2) is 10.7. The van der Waals surface area contributed by atoms with Crippen molar-refractivity contribution >= 4 is 32.3 Å². The summed E-state index contributed by atoms with van der Waals surface area (Å²) in [4.78, 5) is 4.86. The van der Waals surface area contributed by atoms with Gasteiger partial charge in [-0.1, -0.05) is 133 Å². The van der Waals surface area contributed by atoms with E-state index in [9.17, 15) is 0 Å². The number of aromatic nitrogens is 1. The molecule has 0 spiro atoms. The molecule has 0 N–H and O–H groups in total. The number of nitrogens with zero attached hydrogens (tertiary/aromatic N) is 1. The minimum absolute atomic E-state index is 0.105. The molecule has 0 atom stereocenters. The summed E-state index contributed by atoms with van der Waals surface area (Å²) in [7, 11) is 0. The smallest absolute Gasteiger partial charge is 0.227 e. The molecule has 8 rings (SSSR count). The molecule has 0 aliphatic carbocycles. The molecule has 2 heteroatoms. The van der Waals surface area contributed by atoms with Crippen molar-refractivity contribution in [1.29, 1.82) is 0 Å². The lowest BCUT2D eigenvalue weighted by Crippen LogP contribution is -2.10. The van der Waals surface area contributed by atoms with E-state index in [1.54, 1.807) is 0 Å². The molecule has 0 bridgehead atoms. The van der Waals surface area contributed by atoms with Crippen molar-refractivity contribution in [2.45, 2.75) is 52.4 Å². The number of hydrogen-bond acceptors (Lipinski definition) is 2. The van der Waals surface area contributed by atoms with E-state index >= 15 is 0 Å². The number of rotatable bonds is 4. The monoisotopic (exact) mass is 609 g/mol. The van der Waals surface area contributed by atoms with Crippen molar-refractivity contribution in [3.8, 4) is 45.0 Å². The predicted molar refractivity (Wildman–Crippen MR) is 199 cm³/mol. The van der Waals surface area contributed by atoms with Gasteiger partial charge < -0.3 is 4.42 Å². The molecule has 1 heterocycles. The van der Waals surface area contributed by atoms with Crippen LogP contribution in [0.4, 0.5) is 0 Å². The first-order valence-corrected chi connectivity index (χ1v) is 16.5. The van der Waals surface area contributed by atoms with Crippen molar-refractivity contribution in [2.75, 3.05) is 0 Å². The fraction of sp³-hybridized carbons (Fsp3) is 0.178. The zero-order valence-corrected chi connectivity index (χ0v) is 28.0. The molecule has 230 valence electrons. The SMILES string of the molecule is CC(C)(C)c1ccc(-c2cc3ccc4cc(-c5ccc(C(C)(C)C)cc5)cc5c(-c6ncc(-c7ccccc7)o6)cc(c2)c3c45)cc1. The van der Waals surface area contributed by atoms with Gasteiger partial charge in [0.1, 0.15) is 0 Å². The Morgan fingerprint density at radius 2 is 1.00 bits per heavy atom. The molecule has 0 fully saturated rings. The molecule has 7 aromatic carbocycles. The average molecular weight is 610 g/mol. The van der Waals surface area contributed by atoms with E-state index in [4.69, 9.17) is 9.40 Å². The number of benzene rings is 7. The zero-order chi connectivity index (χ0) is 32.5. The third-order valence-electron chi connectivity index (χ3n) is 9.61. The van der Waals surface area contributed by atoms with Crippen LogP contribution in [-0.2, 0) is 10.8 Å². The Balaban J connectivity index is 1.36. The molecule has 0 saturated carbocycles. The summed E-state index contributed by atoms with van der Waals surface area (Å²) >= 11 is 0. The topological polar surface area (TPSA) is 26.0 Å². The molecule has 0 radical (unpaired) electrons. The molecule has 0 aliphatic heterocycles. The molecule has 47 heavy (non-hydrogen) atoms. The molecule has 2 nitrogen and oxygen atoms in total. The average Bonchev–Trinajstić information content (AvgIpc) is 3.57. The van der Waals surface area contributed by atoms with Crippen LogP contribution in [0.25, 0.3) is 77.3 Å². The standard InChI is InChI=1S/C45H39NO/c1-44(2,3)36-18-14-28(15-19-36)33-22-31-12-13-32-23-34(29-16-20-37(21-17-29)45(4,5)6)25-38-39(26-35(24-33)41(31)42(32)38)43-46-27-40(47-43)30-10-8-7-9-11-30/h7-27H,1-6H3. The largest absolute Gasteiger partial charge is 0.436 e. The normalized spacial score (nSPS) is 12.5. The third kappa shape index (κ3) is 5.19. The zero-order valence-electron chi connectivity index (χ0n) is 28.0. The van der Waals surface area contributed by atoms with Gasteiger partial charge in [-0.25, -0.2) is 4.98 Å². The highest BCUT2D eigenvalue weighted by molar-refractivity contribution is 6.27. The van der Waals surface area contributed by atoms with Gasteiger partial charge in [-0.15, -0.1) is 0 Å².